The second kappa shape index (κ2) is 3.59. The molecule has 0 spiro atoms. The first-order valence-electron chi connectivity index (χ1n) is 3.15. The summed E-state index contributed by atoms with van der Waals surface area (Å²) >= 11 is 2.75. The molecule has 9 heteroatoms. The Bertz CT molecular complexity index is 486. The number of nitro groups is 1. The van der Waals surface area contributed by atoms with Crippen LogP contribution in [0.2, 0.25) is 0 Å². The van der Waals surface area contributed by atoms with Gasteiger partial charge in [0.15, 0.2) is 0 Å². The van der Waals surface area contributed by atoms with Crippen LogP contribution in [-0.2, 0) is 10.0 Å². The Morgan fingerprint density at radius 2 is 2.14 bits per heavy atom. The van der Waals surface area contributed by atoms with E-state index in [2.05, 4.69) is 20.9 Å². The molecule has 7 nitrogen and oxygen atoms in total. The van der Waals surface area contributed by atoms with Gasteiger partial charge in [-0.3, -0.25) is 0 Å². The molecule has 1 aromatic heterocycles. The van der Waals surface area contributed by atoms with Crippen LogP contribution in [0.25, 0.3) is 0 Å². The van der Waals surface area contributed by atoms with Crippen molar-refractivity contribution in [2.45, 2.75) is 4.90 Å². The van der Waals surface area contributed by atoms with Gasteiger partial charge in [-0.15, -0.1) is 0 Å². The maximum atomic E-state index is 10.9. The SMILES string of the molecule is NS(=O)(=O)c1ccnc([N+](=O)[O-])c1Br. The minimum absolute atomic E-state index is 0.243. The summed E-state index contributed by atoms with van der Waals surface area (Å²) in [4.78, 5) is 12.6. The van der Waals surface area contributed by atoms with E-state index in [9.17, 15) is 18.5 Å². The van der Waals surface area contributed by atoms with E-state index in [1.165, 1.54) is 0 Å². The third kappa shape index (κ3) is 2.05. The van der Waals surface area contributed by atoms with Crippen molar-refractivity contribution in [1.29, 1.82) is 0 Å². The van der Waals surface area contributed by atoms with Crippen molar-refractivity contribution in [3.8, 4) is 0 Å². The number of hydrogen-bond acceptors (Lipinski definition) is 5. The molecule has 0 fully saturated rings. The van der Waals surface area contributed by atoms with Crippen LogP contribution >= 0.6 is 15.9 Å². The number of primary sulfonamides is 1. The van der Waals surface area contributed by atoms with Crippen molar-refractivity contribution in [1.82, 2.24) is 4.98 Å². The van der Waals surface area contributed by atoms with Crippen LogP contribution in [0.3, 0.4) is 0 Å². The molecule has 14 heavy (non-hydrogen) atoms. The molecule has 0 aromatic carbocycles. The fourth-order valence-electron chi connectivity index (χ4n) is 0.763. The predicted molar refractivity (Wildman–Crippen MR) is 50.0 cm³/mol. The second-order valence-electron chi connectivity index (χ2n) is 2.25. The Morgan fingerprint density at radius 3 is 2.57 bits per heavy atom. The average Bonchev–Trinajstić information content (AvgIpc) is 2.01. The van der Waals surface area contributed by atoms with Crippen LogP contribution in [0.15, 0.2) is 21.6 Å². The molecule has 76 valence electrons. The molecule has 0 saturated heterocycles. The number of nitrogens with zero attached hydrogens (tertiary/aromatic N) is 2. The summed E-state index contributed by atoms with van der Waals surface area (Å²) in [5.41, 5.74) is 0. The summed E-state index contributed by atoms with van der Waals surface area (Å²) in [6, 6.07) is 1.08. The van der Waals surface area contributed by atoms with E-state index in [0.29, 0.717) is 0 Å². The molecule has 0 amide bonds. The predicted octanol–water partition coefficient (Wildman–Crippen LogP) is 0.400. The van der Waals surface area contributed by atoms with Crippen LogP contribution in [0.5, 0.6) is 0 Å². The number of sulfonamides is 1. The van der Waals surface area contributed by atoms with Gasteiger partial charge in [0.1, 0.15) is 15.6 Å². The number of aromatic nitrogens is 1. The van der Waals surface area contributed by atoms with Gasteiger partial charge in [-0.25, -0.2) is 13.6 Å². The van der Waals surface area contributed by atoms with E-state index < -0.39 is 20.8 Å². The first-order valence-corrected chi connectivity index (χ1v) is 5.49. The van der Waals surface area contributed by atoms with Crippen LogP contribution in [0.1, 0.15) is 0 Å². The molecular weight excluding hydrogens is 278 g/mol. The zero-order chi connectivity index (χ0) is 10.9. The fraction of sp³-hybridized carbons (Fsp3) is 0. The Morgan fingerprint density at radius 1 is 1.57 bits per heavy atom. The van der Waals surface area contributed by atoms with Gasteiger partial charge in [-0.1, -0.05) is 0 Å². The van der Waals surface area contributed by atoms with Gasteiger partial charge in [-0.05, 0) is 25.8 Å². The van der Waals surface area contributed by atoms with Crippen molar-refractivity contribution in [3.63, 3.8) is 0 Å². The van der Waals surface area contributed by atoms with Gasteiger partial charge >= 0.3 is 5.82 Å². The van der Waals surface area contributed by atoms with Crippen LogP contribution in [0, 0.1) is 10.1 Å². The molecule has 0 aliphatic carbocycles. The van der Waals surface area contributed by atoms with E-state index in [4.69, 9.17) is 5.14 Å². The molecule has 1 heterocycles. The lowest BCUT2D eigenvalue weighted by molar-refractivity contribution is -0.390. The highest BCUT2D eigenvalue weighted by Gasteiger charge is 2.22. The molecule has 0 aliphatic rings. The van der Waals surface area contributed by atoms with E-state index in [-0.39, 0.29) is 9.37 Å². The average molecular weight is 282 g/mol. The largest absolute Gasteiger partial charge is 0.379 e. The first-order chi connectivity index (χ1) is 6.34. The summed E-state index contributed by atoms with van der Waals surface area (Å²) in [5, 5.41) is 15.2. The number of halogens is 1. The maximum Gasteiger partial charge on any atom is 0.379 e. The zero-order valence-corrected chi connectivity index (χ0v) is 8.95. The lowest BCUT2D eigenvalue weighted by Gasteiger charge is -2.00. The Hall–Kier alpha value is -1.06. The standard InChI is InChI=1S/C5H4BrN3O4S/c6-4-3(14(7,12)13)1-2-8-5(4)9(10)11/h1-2H,(H2,7,12,13). The maximum absolute atomic E-state index is 10.9. The highest BCUT2D eigenvalue weighted by atomic mass is 79.9. The third-order valence-corrected chi connectivity index (χ3v) is 3.31. The highest BCUT2D eigenvalue weighted by molar-refractivity contribution is 9.10. The summed E-state index contributed by atoms with van der Waals surface area (Å²) in [6.07, 6.45) is 1.00. The monoisotopic (exact) mass is 281 g/mol. The zero-order valence-electron chi connectivity index (χ0n) is 6.55. The molecule has 0 aliphatic heterocycles. The van der Waals surface area contributed by atoms with Gasteiger partial charge in [0.25, 0.3) is 0 Å². The second-order valence-corrected chi connectivity index (χ2v) is 4.57. The van der Waals surface area contributed by atoms with Crippen LogP contribution < -0.4 is 5.14 Å². The summed E-state index contributed by atoms with van der Waals surface area (Å²) in [6.45, 7) is 0. The number of nitrogens with two attached hydrogens (primary N) is 1. The van der Waals surface area contributed by atoms with Crippen molar-refractivity contribution < 1.29 is 13.3 Å². The van der Waals surface area contributed by atoms with E-state index in [1.807, 2.05) is 0 Å². The molecule has 0 unspecified atom stereocenters. The molecule has 0 atom stereocenters. The summed E-state index contributed by atoms with van der Waals surface area (Å²) in [7, 11) is -3.98. The van der Waals surface area contributed by atoms with Crippen LogP contribution in [-0.4, -0.2) is 18.3 Å². The molecule has 2 N–H and O–H groups in total. The normalized spacial score (nSPS) is 11.3. The lowest BCUT2D eigenvalue weighted by atomic mass is 10.5. The quantitative estimate of drug-likeness (QED) is 0.622. The van der Waals surface area contributed by atoms with E-state index in [0.717, 1.165) is 12.3 Å². The smallest absolute Gasteiger partial charge is 0.358 e. The van der Waals surface area contributed by atoms with Crippen molar-refractivity contribution in [2.24, 2.45) is 5.14 Å². The van der Waals surface area contributed by atoms with Gasteiger partial charge in [0, 0.05) is 6.07 Å². The van der Waals surface area contributed by atoms with Crippen molar-refractivity contribution in [2.75, 3.05) is 0 Å². The Kier molecular flexibility index (Phi) is 2.83. The Labute approximate surface area is 87.3 Å². The molecule has 1 rings (SSSR count). The van der Waals surface area contributed by atoms with E-state index in [1.54, 1.807) is 0 Å². The first kappa shape index (κ1) is 11.0. The summed E-state index contributed by atoms with van der Waals surface area (Å²) in [5.74, 6) is -0.587. The summed E-state index contributed by atoms with van der Waals surface area (Å²) < 4.78 is 21.6. The van der Waals surface area contributed by atoms with E-state index >= 15 is 0 Å². The molecule has 1 aromatic rings. The van der Waals surface area contributed by atoms with Crippen molar-refractivity contribution >= 4 is 31.8 Å². The highest BCUT2D eigenvalue weighted by Crippen LogP contribution is 2.28. The number of rotatable bonds is 2. The fourth-order valence-corrected chi connectivity index (χ4v) is 2.41. The van der Waals surface area contributed by atoms with Gasteiger partial charge < -0.3 is 10.1 Å². The molecule has 0 radical (unpaired) electrons. The van der Waals surface area contributed by atoms with Gasteiger partial charge in [-0.2, -0.15) is 0 Å². The van der Waals surface area contributed by atoms with Gasteiger partial charge in [0.2, 0.25) is 10.0 Å². The third-order valence-electron chi connectivity index (χ3n) is 1.31. The number of pyridine rings is 1. The minimum atomic E-state index is -3.98. The van der Waals surface area contributed by atoms with Gasteiger partial charge in [0.05, 0.1) is 0 Å². The Balaban J connectivity index is 3.51. The van der Waals surface area contributed by atoms with Crippen molar-refractivity contribution in [3.05, 3.63) is 26.9 Å². The number of hydrogen-bond donors (Lipinski definition) is 1. The molecule has 0 saturated carbocycles. The molecule has 0 bridgehead atoms. The van der Waals surface area contributed by atoms with Crippen LogP contribution in [0.4, 0.5) is 5.82 Å². The topological polar surface area (TPSA) is 116 Å². The lowest BCUT2D eigenvalue weighted by Crippen LogP contribution is -2.13. The minimum Gasteiger partial charge on any atom is -0.358 e. The molecular formula is C5H4BrN3O4S.